The number of ether oxygens (including phenoxy) is 1. The summed E-state index contributed by atoms with van der Waals surface area (Å²) in [6, 6.07) is 13.8. The van der Waals surface area contributed by atoms with E-state index in [1.807, 2.05) is 12.1 Å². The molecule has 10 heteroatoms. The molecule has 2 saturated heterocycles. The van der Waals surface area contributed by atoms with Gasteiger partial charge in [0.2, 0.25) is 5.82 Å². The zero-order chi connectivity index (χ0) is 28.1. The van der Waals surface area contributed by atoms with Gasteiger partial charge in [-0.2, -0.15) is 0 Å². The van der Waals surface area contributed by atoms with Crippen LogP contribution in [0, 0.1) is 0 Å². The first-order valence-electron chi connectivity index (χ1n) is 13.5. The maximum absolute atomic E-state index is 12.9. The Labute approximate surface area is 234 Å². The third-order valence-electron chi connectivity index (χ3n) is 7.51. The summed E-state index contributed by atoms with van der Waals surface area (Å²) in [5, 5.41) is 10.3. The molecule has 2 aliphatic heterocycles. The highest BCUT2D eigenvalue weighted by Gasteiger charge is 2.32. The highest BCUT2D eigenvalue weighted by molar-refractivity contribution is 6.30. The number of carboxylic acids is 1. The number of nitrogens with two attached hydrogens (primary N) is 1. The molecule has 2 fully saturated rings. The molecule has 0 saturated carbocycles. The number of piperidine rings is 1. The average Bonchev–Trinajstić information content (AvgIpc) is 3.27. The third-order valence-corrected chi connectivity index (χ3v) is 7.76. The molecule has 0 unspecified atom stereocenters. The standard InChI is InChI=1S/C21H20ClN3O4.C8H18N2/c1-29-15-11-24(12-15)20(26)16-3-2-4-17-18(16)23-19(21(27)28)25(17)10-9-13-5-7-14(22)8-6-13;1-7(2)10-5-3-8(9)4-6-10/h2-8,15H,9-12H2,1H3,(H,27,28);7-8H,3-6,9H2,1-2H3. The molecule has 1 amide bonds. The van der Waals surface area contributed by atoms with Gasteiger partial charge in [0.1, 0.15) is 5.52 Å². The number of hydrogen-bond acceptors (Lipinski definition) is 6. The van der Waals surface area contributed by atoms with Crippen molar-refractivity contribution >= 4 is 34.5 Å². The van der Waals surface area contributed by atoms with Crippen LogP contribution in [-0.4, -0.2) is 87.8 Å². The summed E-state index contributed by atoms with van der Waals surface area (Å²) in [6.45, 7) is 8.35. The van der Waals surface area contributed by atoms with Crippen LogP contribution >= 0.6 is 11.6 Å². The number of hydrogen-bond donors (Lipinski definition) is 2. The van der Waals surface area contributed by atoms with E-state index in [0.717, 1.165) is 5.56 Å². The number of rotatable bonds is 7. The maximum atomic E-state index is 12.9. The van der Waals surface area contributed by atoms with Gasteiger partial charge in [-0.15, -0.1) is 0 Å². The number of nitrogens with zero attached hydrogens (tertiary/aromatic N) is 4. The molecule has 0 aliphatic carbocycles. The summed E-state index contributed by atoms with van der Waals surface area (Å²) in [5.74, 6) is -1.37. The fourth-order valence-electron chi connectivity index (χ4n) is 4.96. The number of benzene rings is 2. The SMILES string of the molecule is CC(C)N1CCC(N)CC1.COC1CN(C(=O)c2cccc3c2nc(C(=O)O)n3CCc2ccc(Cl)cc2)C1. The van der Waals surface area contributed by atoms with Gasteiger partial charge >= 0.3 is 5.97 Å². The summed E-state index contributed by atoms with van der Waals surface area (Å²) < 4.78 is 6.88. The van der Waals surface area contributed by atoms with Crippen LogP contribution in [0.4, 0.5) is 0 Å². The first-order valence-corrected chi connectivity index (χ1v) is 13.8. The Kier molecular flexibility index (Phi) is 9.61. The van der Waals surface area contributed by atoms with E-state index >= 15 is 0 Å². The Morgan fingerprint density at radius 3 is 2.38 bits per heavy atom. The molecule has 39 heavy (non-hydrogen) atoms. The number of likely N-dealkylation sites (tertiary alicyclic amines) is 2. The summed E-state index contributed by atoms with van der Waals surface area (Å²) in [4.78, 5) is 33.1. The van der Waals surface area contributed by atoms with Crippen LogP contribution in [0.2, 0.25) is 5.02 Å². The summed E-state index contributed by atoms with van der Waals surface area (Å²) in [5.41, 5.74) is 8.25. The maximum Gasteiger partial charge on any atom is 0.372 e. The number of methoxy groups -OCH3 is 1. The molecule has 2 aromatic carbocycles. The minimum Gasteiger partial charge on any atom is -0.475 e. The molecule has 3 N–H and O–H groups in total. The fraction of sp³-hybridized carbons (Fsp3) is 0.483. The van der Waals surface area contributed by atoms with Crippen molar-refractivity contribution < 1.29 is 19.4 Å². The van der Waals surface area contributed by atoms with Crippen molar-refractivity contribution in [2.45, 2.75) is 57.8 Å². The van der Waals surface area contributed by atoms with Gasteiger partial charge in [0, 0.05) is 43.9 Å². The molecular formula is C29H38ClN5O4. The number of carbonyl (C=O) groups is 2. The zero-order valence-corrected chi connectivity index (χ0v) is 23.6. The summed E-state index contributed by atoms with van der Waals surface area (Å²) in [7, 11) is 1.62. The van der Waals surface area contributed by atoms with Crippen LogP contribution in [0.15, 0.2) is 42.5 Å². The Morgan fingerprint density at radius 2 is 1.79 bits per heavy atom. The third kappa shape index (κ3) is 6.97. The van der Waals surface area contributed by atoms with Gasteiger partial charge in [0.25, 0.3) is 5.91 Å². The molecule has 3 aromatic rings. The van der Waals surface area contributed by atoms with E-state index in [1.165, 1.54) is 25.9 Å². The van der Waals surface area contributed by atoms with Crippen LogP contribution in [0.1, 0.15) is 53.2 Å². The number of carboxylic acid groups (broad SMARTS) is 1. The molecule has 0 radical (unpaired) electrons. The predicted octanol–water partition coefficient (Wildman–Crippen LogP) is 3.92. The zero-order valence-electron chi connectivity index (χ0n) is 22.8. The predicted molar refractivity (Wildman–Crippen MR) is 152 cm³/mol. The number of aryl methyl sites for hydroxylation is 2. The van der Waals surface area contributed by atoms with Crippen LogP contribution < -0.4 is 5.73 Å². The fourth-order valence-corrected chi connectivity index (χ4v) is 5.09. The number of amides is 1. The summed E-state index contributed by atoms with van der Waals surface area (Å²) in [6.07, 6.45) is 3.02. The van der Waals surface area contributed by atoms with Crippen LogP contribution in [0.5, 0.6) is 0 Å². The molecule has 0 bridgehead atoms. The van der Waals surface area contributed by atoms with Crippen LogP contribution in [0.3, 0.4) is 0 Å². The van der Waals surface area contributed by atoms with Gasteiger partial charge < -0.3 is 29.9 Å². The van der Waals surface area contributed by atoms with Crippen LogP contribution in [0.25, 0.3) is 11.0 Å². The molecule has 0 spiro atoms. The molecule has 0 atom stereocenters. The van der Waals surface area contributed by atoms with Crippen molar-refractivity contribution in [3.63, 3.8) is 0 Å². The minimum absolute atomic E-state index is 0.0460. The van der Waals surface area contributed by atoms with Crippen molar-refractivity contribution in [1.29, 1.82) is 0 Å². The monoisotopic (exact) mass is 555 g/mol. The lowest BCUT2D eigenvalue weighted by atomic mass is 10.1. The molecule has 9 nitrogen and oxygen atoms in total. The lowest BCUT2D eigenvalue weighted by molar-refractivity contribution is -0.0191. The first-order chi connectivity index (χ1) is 18.7. The number of para-hydroxylation sites is 1. The van der Waals surface area contributed by atoms with E-state index in [4.69, 9.17) is 22.1 Å². The Morgan fingerprint density at radius 1 is 1.13 bits per heavy atom. The quantitative estimate of drug-likeness (QED) is 0.454. The molecule has 3 heterocycles. The largest absolute Gasteiger partial charge is 0.475 e. The number of carbonyl (C=O) groups excluding carboxylic acids is 1. The number of fused-ring (bicyclic) bond motifs is 1. The van der Waals surface area contributed by atoms with Crippen molar-refractivity contribution in [3.05, 3.63) is 64.4 Å². The Hall–Kier alpha value is -2.98. The summed E-state index contributed by atoms with van der Waals surface area (Å²) >= 11 is 5.93. The van der Waals surface area contributed by atoms with Gasteiger partial charge in [-0.1, -0.05) is 29.8 Å². The topological polar surface area (TPSA) is 114 Å². The smallest absolute Gasteiger partial charge is 0.372 e. The molecule has 210 valence electrons. The molecular weight excluding hydrogens is 518 g/mol. The van der Waals surface area contributed by atoms with E-state index in [1.54, 1.807) is 46.9 Å². The van der Waals surface area contributed by atoms with E-state index in [0.29, 0.717) is 59.8 Å². The number of imidazole rings is 1. The number of aromatic carboxylic acids is 1. The van der Waals surface area contributed by atoms with E-state index < -0.39 is 5.97 Å². The van der Waals surface area contributed by atoms with Gasteiger partial charge in [-0.05, 0) is 76.0 Å². The van der Waals surface area contributed by atoms with Crippen LogP contribution in [-0.2, 0) is 17.7 Å². The number of aromatic nitrogens is 2. The van der Waals surface area contributed by atoms with E-state index in [2.05, 4.69) is 23.7 Å². The Bertz CT molecular complexity index is 1280. The molecule has 1 aromatic heterocycles. The van der Waals surface area contributed by atoms with E-state index in [9.17, 15) is 14.7 Å². The lowest BCUT2D eigenvalue weighted by Crippen LogP contribution is -2.54. The Balaban J connectivity index is 0.000000298. The first kappa shape index (κ1) is 29.0. The average molecular weight is 556 g/mol. The van der Waals surface area contributed by atoms with Crippen molar-refractivity contribution in [2.75, 3.05) is 33.3 Å². The molecule has 2 aliphatic rings. The second kappa shape index (κ2) is 12.9. The minimum atomic E-state index is -1.13. The highest BCUT2D eigenvalue weighted by Crippen LogP contribution is 2.25. The van der Waals surface area contributed by atoms with Crippen molar-refractivity contribution in [2.24, 2.45) is 5.73 Å². The molecule has 5 rings (SSSR count). The van der Waals surface area contributed by atoms with Crippen molar-refractivity contribution in [3.8, 4) is 0 Å². The van der Waals surface area contributed by atoms with Gasteiger partial charge in [0.15, 0.2) is 0 Å². The normalized spacial score (nSPS) is 16.7. The van der Waals surface area contributed by atoms with Gasteiger partial charge in [-0.25, -0.2) is 9.78 Å². The highest BCUT2D eigenvalue weighted by atomic mass is 35.5. The lowest BCUT2D eigenvalue weighted by Gasteiger charge is -2.38. The van der Waals surface area contributed by atoms with Gasteiger partial charge in [0.05, 0.1) is 17.2 Å². The number of halogens is 1. The second-order valence-electron chi connectivity index (χ2n) is 10.5. The van der Waals surface area contributed by atoms with E-state index in [-0.39, 0.29) is 17.8 Å². The second-order valence-corrected chi connectivity index (χ2v) is 10.9. The van der Waals surface area contributed by atoms with Gasteiger partial charge in [-0.3, -0.25) is 4.79 Å². The van der Waals surface area contributed by atoms with Crippen molar-refractivity contribution in [1.82, 2.24) is 19.4 Å².